The molecule has 0 aliphatic heterocycles. The van der Waals surface area contributed by atoms with Crippen LogP contribution in [-0.4, -0.2) is 51.3 Å². The third-order valence-corrected chi connectivity index (χ3v) is 3.03. The fraction of sp³-hybridized carbons (Fsp3) is 0.533. The second kappa shape index (κ2) is 11.4. The van der Waals surface area contributed by atoms with Gasteiger partial charge in [-0.15, -0.1) is 12.4 Å². The molecule has 6 heteroatoms. The third-order valence-electron chi connectivity index (χ3n) is 3.03. The summed E-state index contributed by atoms with van der Waals surface area (Å²) in [4.78, 5) is 14.1. The second-order valence-electron chi connectivity index (χ2n) is 4.64. The number of nitrogen functional groups attached to an aromatic ring is 1. The topological polar surface area (TPSA) is 64.8 Å². The van der Waals surface area contributed by atoms with Crippen molar-refractivity contribution in [2.45, 2.75) is 12.8 Å². The Hall–Kier alpha value is -1.30. The van der Waals surface area contributed by atoms with Gasteiger partial charge in [0.25, 0.3) is 0 Å². The molecule has 1 amide bonds. The van der Waals surface area contributed by atoms with Gasteiger partial charge in [-0.1, -0.05) is 12.1 Å². The number of hydrogen-bond donors (Lipinski definition) is 1. The van der Waals surface area contributed by atoms with Gasteiger partial charge in [-0.2, -0.15) is 0 Å². The van der Waals surface area contributed by atoms with Gasteiger partial charge in [-0.3, -0.25) is 4.79 Å². The van der Waals surface area contributed by atoms with E-state index in [1.165, 1.54) is 0 Å². The van der Waals surface area contributed by atoms with Gasteiger partial charge in [0, 0.05) is 39.6 Å². The maximum atomic E-state index is 12.3. The summed E-state index contributed by atoms with van der Waals surface area (Å²) < 4.78 is 10.1. The molecular weight excluding hydrogens is 292 g/mol. The molecule has 5 nitrogen and oxygen atoms in total. The van der Waals surface area contributed by atoms with Crippen LogP contribution in [0.1, 0.15) is 12.0 Å². The molecule has 1 aromatic carbocycles. The van der Waals surface area contributed by atoms with Crippen molar-refractivity contribution in [1.82, 2.24) is 4.90 Å². The fourth-order valence-electron chi connectivity index (χ4n) is 1.88. The van der Waals surface area contributed by atoms with Crippen molar-refractivity contribution in [2.24, 2.45) is 0 Å². The van der Waals surface area contributed by atoms with E-state index in [2.05, 4.69) is 0 Å². The Morgan fingerprint density at radius 2 is 1.71 bits per heavy atom. The van der Waals surface area contributed by atoms with Gasteiger partial charge >= 0.3 is 0 Å². The molecule has 2 N–H and O–H groups in total. The van der Waals surface area contributed by atoms with E-state index in [1.807, 2.05) is 29.2 Å². The highest BCUT2D eigenvalue weighted by atomic mass is 35.5. The van der Waals surface area contributed by atoms with Gasteiger partial charge in [0.15, 0.2) is 0 Å². The van der Waals surface area contributed by atoms with Crippen molar-refractivity contribution >= 4 is 24.0 Å². The number of ether oxygens (including phenoxy) is 2. The molecule has 21 heavy (non-hydrogen) atoms. The van der Waals surface area contributed by atoms with Crippen molar-refractivity contribution in [3.63, 3.8) is 0 Å². The van der Waals surface area contributed by atoms with Gasteiger partial charge in [-0.25, -0.2) is 0 Å². The maximum absolute atomic E-state index is 12.3. The molecule has 1 rings (SSSR count). The number of carbonyl (C=O) groups is 1. The Balaban J connectivity index is 0.00000400. The summed E-state index contributed by atoms with van der Waals surface area (Å²) in [6.07, 6.45) is 1.21. The van der Waals surface area contributed by atoms with Crippen molar-refractivity contribution in [3.8, 4) is 0 Å². The predicted molar refractivity (Wildman–Crippen MR) is 86.8 cm³/mol. The summed E-state index contributed by atoms with van der Waals surface area (Å²) >= 11 is 0. The standard InChI is InChI=1S/C15H24N2O3.ClH/c1-19-10-3-8-17(9-11-20-2)15(18)12-13-4-6-14(16)7-5-13;/h4-7H,3,8-12,16H2,1-2H3;1H. The zero-order chi connectivity index (χ0) is 14.8. The van der Waals surface area contributed by atoms with Crippen LogP contribution in [0.3, 0.4) is 0 Å². The SMILES string of the molecule is COCCCN(CCOC)C(=O)Cc1ccc(N)cc1.Cl. The van der Waals surface area contributed by atoms with E-state index in [9.17, 15) is 4.79 Å². The van der Waals surface area contributed by atoms with Gasteiger partial charge in [0.2, 0.25) is 5.91 Å². The summed E-state index contributed by atoms with van der Waals surface area (Å²) in [5.74, 6) is 0.0999. The minimum Gasteiger partial charge on any atom is -0.399 e. The minimum atomic E-state index is 0. The first-order chi connectivity index (χ1) is 9.67. The van der Waals surface area contributed by atoms with Gasteiger partial charge < -0.3 is 20.1 Å². The Morgan fingerprint density at radius 1 is 1.10 bits per heavy atom. The van der Waals surface area contributed by atoms with E-state index in [1.54, 1.807) is 14.2 Å². The van der Waals surface area contributed by atoms with Crippen molar-refractivity contribution in [1.29, 1.82) is 0 Å². The summed E-state index contributed by atoms with van der Waals surface area (Å²) in [6, 6.07) is 7.40. The summed E-state index contributed by atoms with van der Waals surface area (Å²) in [7, 11) is 3.30. The summed E-state index contributed by atoms with van der Waals surface area (Å²) in [6.45, 7) is 2.48. The van der Waals surface area contributed by atoms with Crippen molar-refractivity contribution in [3.05, 3.63) is 29.8 Å². The number of rotatable bonds is 9. The molecule has 0 atom stereocenters. The summed E-state index contributed by atoms with van der Waals surface area (Å²) in [5, 5.41) is 0. The van der Waals surface area contributed by atoms with Crippen LogP contribution in [0.4, 0.5) is 5.69 Å². The maximum Gasteiger partial charge on any atom is 0.227 e. The first-order valence-corrected chi connectivity index (χ1v) is 6.77. The molecule has 0 aliphatic carbocycles. The Bertz CT molecular complexity index is 398. The van der Waals surface area contributed by atoms with E-state index in [0.717, 1.165) is 12.0 Å². The largest absolute Gasteiger partial charge is 0.399 e. The number of methoxy groups -OCH3 is 2. The van der Waals surface area contributed by atoms with E-state index < -0.39 is 0 Å². The quantitative estimate of drug-likeness (QED) is 0.557. The number of nitrogens with zero attached hydrogens (tertiary/aromatic N) is 1. The Labute approximate surface area is 132 Å². The third kappa shape index (κ3) is 7.90. The normalized spacial score (nSPS) is 10.0. The van der Waals surface area contributed by atoms with E-state index in [4.69, 9.17) is 15.2 Å². The molecule has 0 aliphatic rings. The lowest BCUT2D eigenvalue weighted by Gasteiger charge is -2.22. The average molecular weight is 317 g/mol. The Kier molecular flexibility index (Phi) is 10.7. The lowest BCUT2D eigenvalue weighted by Crippen LogP contribution is -2.36. The zero-order valence-corrected chi connectivity index (χ0v) is 13.5. The van der Waals surface area contributed by atoms with Crippen LogP contribution in [-0.2, 0) is 20.7 Å². The molecule has 120 valence electrons. The van der Waals surface area contributed by atoms with Crippen molar-refractivity contribution in [2.75, 3.05) is 46.3 Å². The van der Waals surface area contributed by atoms with Gasteiger partial charge in [-0.05, 0) is 24.1 Å². The van der Waals surface area contributed by atoms with E-state index >= 15 is 0 Å². The minimum absolute atomic E-state index is 0. The number of nitrogens with two attached hydrogens (primary N) is 1. The number of anilines is 1. The highest BCUT2D eigenvalue weighted by molar-refractivity contribution is 5.85. The summed E-state index contributed by atoms with van der Waals surface area (Å²) in [5.41, 5.74) is 7.32. The average Bonchev–Trinajstić information content (AvgIpc) is 2.45. The molecule has 0 radical (unpaired) electrons. The predicted octanol–water partition coefficient (Wildman–Crippen LogP) is 1.74. The van der Waals surface area contributed by atoms with Crippen LogP contribution in [0.15, 0.2) is 24.3 Å². The molecule has 0 heterocycles. The highest BCUT2D eigenvalue weighted by Crippen LogP contribution is 2.08. The molecule has 0 bridgehead atoms. The van der Waals surface area contributed by atoms with Gasteiger partial charge in [0.1, 0.15) is 0 Å². The molecule has 0 saturated heterocycles. The van der Waals surface area contributed by atoms with Crippen LogP contribution >= 0.6 is 12.4 Å². The molecule has 0 spiro atoms. The van der Waals surface area contributed by atoms with Crippen LogP contribution in [0.25, 0.3) is 0 Å². The highest BCUT2D eigenvalue weighted by Gasteiger charge is 2.13. The lowest BCUT2D eigenvalue weighted by molar-refractivity contribution is -0.131. The smallest absolute Gasteiger partial charge is 0.227 e. The first kappa shape index (κ1) is 19.7. The molecular formula is C15H25ClN2O3. The van der Waals surface area contributed by atoms with Crippen LogP contribution in [0.5, 0.6) is 0 Å². The number of benzene rings is 1. The molecule has 0 fully saturated rings. The van der Waals surface area contributed by atoms with E-state index in [0.29, 0.717) is 38.4 Å². The van der Waals surface area contributed by atoms with E-state index in [-0.39, 0.29) is 18.3 Å². The molecule has 0 unspecified atom stereocenters. The number of amides is 1. The molecule has 0 aromatic heterocycles. The zero-order valence-electron chi connectivity index (χ0n) is 12.7. The number of halogens is 1. The van der Waals surface area contributed by atoms with Crippen LogP contribution in [0.2, 0.25) is 0 Å². The molecule has 0 saturated carbocycles. The lowest BCUT2D eigenvalue weighted by atomic mass is 10.1. The Morgan fingerprint density at radius 3 is 2.29 bits per heavy atom. The first-order valence-electron chi connectivity index (χ1n) is 6.77. The van der Waals surface area contributed by atoms with Gasteiger partial charge in [0.05, 0.1) is 13.0 Å². The van der Waals surface area contributed by atoms with Crippen LogP contribution < -0.4 is 5.73 Å². The van der Waals surface area contributed by atoms with Crippen LogP contribution in [0, 0.1) is 0 Å². The van der Waals surface area contributed by atoms with Crippen molar-refractivity contribution < 1.29 is 14.3 Å². The fourth-order valence-corrected chi connectivity index (χ4v) is 1.88. The second-order valence-corrected chi connectivity index (χ2v) is 4.64. The monoisotopic (exact) mass is 316 g/mol. The number of hydrogen-bond acceptors (Lipinski definition) is 4. The number of carbonyl (C=O) groups excluding carboxylic acids is 1. The molecule has 1 aromatic rings.